The van der Waals surface area contributed by atoms with Crippen molar-refractivity contribution in [2.24, 2.45) is 0 Å². The first-order valence-electron chi connectivity index (χ1n) is 3.17. The molecular formula is C7H14O. The van der Waals surface area contributed by atoms with Crippen LogP contribution in [0.5, 0.6) is 0 Å². The van der Waals surface area contributed by atoms with Crippen LogP contribution in [0.1, 0.15) is 33.1 Å². The van der Waals surface area contributed by atoms with Gasteiger partial charge in [0.2, 0.25) is 0 Å². The lowest BCUT2D eigenvalue weighted by Crippen LogP contribution is -1.78. The van der Waals surface area contributed by atoms with E-state index >= 15 is 0 Å². The van der Waals surface area contributed by atoms with Crippen LogP contribution in [0, 0.1) is 0 Å². The fourth-order valence-corrected chi connectivity index (χ4v) is 0.654. The topological polar surface area (TPSA) is 20.2 Å². The van der Waals surface area contributed by atoms with Gasteiger partial charge in [0.25, 0.3) is 0 Å². The van der Waals surface area contributed by atoms with Gasteiger partial charge >= 0.3 is 0 Å². The first kappa shape index (κ1) is 7.54. The molecule has 0 aromatic rings. The number of hydrogen-bond acceptors (Lipinski definition) is 1. The Kier molecular flexibility index (Phi) is 4.42. The largest absolute Gasteiger partial charge is 0.516 e. The van der Waals surface area contributed by atoms with Crippen LogP contribution >= 0.6 is 0 Å². The Hall–Kier alpha value is -0.460. The lowest BCUT2D eigenvalue weighted by atomic mass is 10.1. The van der Waals surface area contributed by atoms with Gasteiger partial charge in [0.15, 0.2) is 0 Å². The van der Waals surface area contributed by atoms with Crippen LogP contribution in [-0.2, 0) is 0 Å². The molecule has 0 radical (unpaired) electrons. The van der Waals surface area contributed by atoms with Crippen molar-refractivity contribution in [2.75, 3.05) is 0 Å². The third-order valence-corrected chi connectivity index (χ3v) is 1.21. The molecule has 0 unspecified atom stereocenters. The highest BCUT2D eigenvalue weighted by atomic mass is 16.2. The third kappa shape index (κ3) is 2.67. The molecule has 0 fully saturated rings. The van der Waals surface area contributed by atoms with Crippen LogP contribution in [0.4, 0.5) is 0 Å². The highest BCUT2D eigenvalue weighted by Gasteiger charge is 1.88. The van der Waals surface area contributed by atoms with Gasteiger partial charge in [-0.25, -0.2) is 0 Å². The summed E-state index contributed by atoms with van der Waals surface area (Å²) in [6.07, 6.45) is 4.36. The molecule has 48 valence electrons. The summed E-state index contributed by atoms with van der Waals surface area (Å²) in [5, 5.41) is 8.50. The van der Waals surface area contributed by atoms with Crippen molar-refractivity contribution in [2.45, 2.75) is 33.1 Å². The molecule has 0 aliphatic carbocycles. The van der Waals surface area contributed by atoms with Crippen molar-refractivity contribution in [3.05, 3.63) is 11.8 Å². The molecule has 1 nitrogen and oxygen atoms in total. The minimum absolute atomic E-state index is 0.977. The Morgan fingerprint density at radius 3 is 2.25 bits per heavy atom. The maximum atomic E-state index is 8.50. The number of hydrogen-bond donors (Lipinski definition) is 1. The average molecular weight is 114 g/mol. The predicted octanol–water partition coefficient (Wildman–Crippen LogP) is 2.64. The summed E-state index contributed by atoms with van der Waals surface area (Å²) in [7, 11) is 0. The standard InChI is InChI=1S/C7H14O/c1-3-5-7(4-2)6-8/h6,8H,3-5H2,1-2H3/b7-6+. The summed E-state index contributed by atoms with van der Waals surface area (Å²) in [5.74, 6) is 0. The number of rotatable bonds is 3. The van der Waals surface area contributed by atoms with Gasteiger partial charge in [-0.05, 0) is 18.4 Å². The van der Waals surface area contributed by atoms with Crippen molar-refractivity contribution in [3.8, 4) is 0 Å². The number of aliphatic hydroxyl groups is 1. The van der Waals surface area contributed by atoms with Crippen LogP contribution in [0.25, 0.3) is 0 Å². The SMILES string of the molecule is CCC/C(=C/O)CC. The zero-order valence-electron chi connectivity index (χ0n) is 5.65. The van der Waals surface area contributed by atoms with Crippen LogP contribution in [0.3, 0.4) is 0 Å². The predicted molar refractivity (Wildman–Crippen MR) is 35.9 cm³/mol. The van der Waals surface area contributed by atoms with Crippen molar-refractivity contribution in [1.29, 1.82) is 0 Å². The first-order valence-corrected chi connectivity index (χ1v) is 3.17. The van der Waals surface area contributed by atoms with E-state index in [0.29, 0.717) is 0 Å². The fraction of sp³-hybridized carbons (Fsp3) is 0.714. The lowest BCUT2D eigenvalue weighted by molar-refractivity contribution is 0.461. The van der Waals surface area contributed by atoms with Crippen LogP contribution in [0.2, 0.25) is 0 Å². The van der Waals surface area contributed by atoms with E-state index in [2.05, 4.69) is 13.8 Å². The second-order valence-corrected chi connectivity index (χ2v) is 1.89. The monoisotopic (exact) mass is 114 g/mol. The zero-order valence-corrected chi connectivity index (χ0v) is 5.65. The first-order chi connectivity index (χ1) is 3.85. The van der Waals surface area contributed by atoms with Gasteiger partial charge in [0.05, 0.1) is 6.26 Å². The minimum Gasteiger partial charge on any atom is -0.516 e. The van der Waals surface area contributed by atoms with E-state index < -0.39 is 0 Å². The van der Waals surface area contributed by atoms with Gasteiger partial charge in [0, 0.05) is 0 Å². The second-order valence-electron chi connectivity index (χ2n) is 1.89. The summed E-state index contributed by atoms with van der Waals surface area (Å²) < 4.78 is 0. The van der Waals surface area contributed by atoms with E-state index in [9.17, 15) is 0 Å². The molecule has 1 N–H and O–H groups in total. The molecule has 8 heavy (non-hydrogen) atoms. The molecule has 0 amide bonds. The Labute approximate surface area is 51.0 Å². The van der Waals surface area contributed by atoms with Gasteiger partial charge in [-0.1, -0.05) is 20.3 Å². The van der Waals surface area contributed by atoms with Gasteiger partial charge in [-0.2, -0.15) is 0 Å². The molecule has 0 aliphatic heterocycles. The Balaban J connectivity index is 3.38. The van der Waals surface area contributed by atoms with E-state index in [0.717, 1.165) is 24.8 Å². The molecule has 0 saturated heterocycles. The molecular weight excluding hydrogens is 100 g/mol. The van der Waals surface area contributed by atoms with Gasteiger partial charge in [-0.15, -0.1) is 0 Å². The zero-order chi connectivity index (χ0) is 6.41. The molecule has 1 heteroatoms. The van der Waals surface area contributed by atoms with Crippen molar-refractivity contribution < 1.29 is 5.11 Å². The molecule has 0 saturated carbocycles. The van der Waals surface area contributed by atoms with E-state index in [4.69, 9.17) is 5.11 Å². The lowest BCUT2D eigenvalue weighted by Gasteiger charge is -1.96. The van der Waals surface area contributed by atoms with Gasteiger partial charge in [-0.3, -0.25) is 0 Å². The molecule has 0 aromatic heterocycles. The molecule has 0 aromatic carbocycles. The molecule has 0 heterocycles. The number of allylic oxidation sites excluding steroid dienone is 1. The van der Waals surface area contributed by atoms with Crippen molar-refractivity contribution >= 4 is 0 Å². The second kappa shape index (κ2) is 4.69. The van der Waals surface area contributed by atoms with Gasteiger partial charge < -0.3 is 5.11 Å². The Bertz CT molecular complexity index is 74.5. The quantitative estimate of drug-likeness (QED) is 0.559. The highest BCUT2D eigenvalue weighted by Crippen LogP contribution is 2.06. The summed E-state index contributed by atoms with van der Waals surface area (Å²) in [6, 6.07) is 0. The van der Waals surface area contributed by atoms with E-state index in [-0.39, 0.29) is 0 Å². The van der Waals surface area contributed by atoms with E-state index in [1.54, 1.807) is 0 Å². The molecule has 0 spiro atoms. The van der Waals surface area contributed by atoms with E-state index in [1.165, 1.54) is 6.26 Å². The Morgan fingerprint density at radius 1 is 1.50 bits per heavy atom. The Morgan fingerprint density at radius 2 is 2.12 bits per heavy atom. The van der Waals surface area contributed by atoms with Crippen LogP contribution in [-0.4, -0.2) is 5.11 Å². The van der Waals surface area contributed by atoms with Crippen LogP contribution < -0.4 is 0 Å². The maximum absolute atomic E-state index is 8.50. The van der Waals surface area contributed by atoms with Crippen molar-refractivity contribution in [3.63, 3.8) is 0 Å². The van der Waals surface area contributed by atoms with E-state index in [1.807, 2.05) is 0 Å². The maximum Gasteiger partial charge on any atom is 0.0783 e. The smallest absolute Gasteiger partial charge is 0.0783 e. The highest BCUT2D eigenvalue weighted by molar-refractivity contribution is 4.94. The summed E-state index contributed by atoms with van der Waals surface area (Å²) >= 11 is 0. The van der Waals surface area contributed by atoms with Crippen LogP contribution in [0.15, 0.2) is 11.8 Å². The fourth-order valence-electron chi connectivity index (χ4n) is 0.654. The normalized spacial score (nSPS) is 12.0. The van der Waals surface area contributed by atoms with Crippen molar-refractivity contribution in [1.82, 2.24) is 0 Å². The number of aliphatic hydroxyl groups excluding tert-OH is 1. The summed E-state index contributed by atoms with van der Waals surface area (Å²) in [5.41, 5.74) is 1.15. The van der Waals surface area contributed by atoms with Gasteiger partial charge in [0.1, 0.15) is 0 Å². The third-order valence-electron chi connectivity index (χ3n) is 1.21. The molecule has 0 rings (SSSR count). The molecule has 0 bridgehead atoms. The molecule has 0 aliphatic rings. The minimum atomic E-state index is 0.977. The average Bonchev–Trinajstić information content (AvgIpc) is 1.83. The summed E-state index contributed by atoms with van der Waals surface area (Å²) in [6.45, 7) is 4.16. The molecule has 0 atom stereocenters. The summed E-state index contributed by atoms with van der Waals surface area (Å²) in [4.78, 5) is 0.